The standard InChI is InChI=1S/C18H20N4O3S/c1-13-10-17(22(21-13)16-8-9-26(24,25)12-16)20-18(23)7-6-14-2-4-15(11-19)5-3-14/h2-5,10,16H,6-9,12H2,1H3,(H,20,23). The Morgan fingerprint density at radius 2 is 2.12 bits per heavy atom. The van der Waals surface area contributed by atoms with E-state index < -0.39 is 9.84 Å². The maximum Gasteiger partial charge on any atom is 0.225 e. The van der Waals surface area contributed by atoms with Gasteiger partial charge < -0.3 is 5.32 Å². The quantitative estimate of drug-likeness (QED) is 0.864. The number of rotatable bonds is 5. The van der Waals surface area contributed by atoms with Crippen molar-refractivity contribution in [2.45, 2.75) is 32.2 Å². The van der Waals surface area contributed by atoms with Gasteiger partial charge in [-0.1, -0.05) is 12.1 Å². The van der Waals surface area contributed by atoms with Crippen LogP contribution in [0.5, 0.6) is 0 Å². The van der Waals surface area contributed by atoms with E-state index in [1.54, 1.807) is 22.9 Å². The number of carbonyl (C=O) groups excluding carboxylic acids is 1. The highest BCUT2D eigenvalue weighted by Crippen LogP contribution is 2.27. The van der Waals surface area contributed by atoms with Gasteiger partial charge >= 0.3 is 0 Å². The molecule has 3 rings (SSSR count). The molecule has 1 aromatic heterocycles. The van der Waals surface area contributed by atoms with Crippen LogP contribution in [0.3, 0.4) is 0 Å². The van der Waals surface area contributed by atoms with Crippen molar-refractivity contribution in [3.63, 3.8) is 0 Å². The van der Waals surface area contributed by atoms with Crippen LogP contribution in [-0.4, -0.2) is 35.6 Å². The summed E-state index contributed by atoms with van der Waals surface area (Å²) in [6.07, 6.45) is 1.36. The third-order valence-electron chi connectivity index (χ3n) is 4.40. The number of nitriles is 1. The van der Waals surface area contributed by atoms with E-state index in [9.17, 15) is 13.2 Å². The summed E-state index contributed by atoms with van der Waals surface area (Å²) in [5.41, 5.74) is 2.30. The second kappa shape index (κ2) is 7.30. The van der Waals surface area contributed by atoms with Crippen LogP contribution < -0.4 is 5.32 Å². The van der Waals surface area contributed by atoms with E-state index in [1.807, 2.05) is 19.1 Å². The molecular formula is C18H20N4O3S. The minimum Gasteiger partial charge on any atom is -0.311 e. The second-order valence-electron chi connectivity index (χ2n) is 6.53. The highest BCUT2D eigenvalue weighted by atomic mass is 32.2. The number of amides is 1. The van der Waals surface area contributed by atoms with Crippen LogP contribution >= 0.6 is 0 Å². The molecule has 1 saturated heterocycles. The fourth-order valence-electron chi connectivity index (χ4n) is 3.07. The van der Waals surface area contributed by atoms with Gasteiger partial charge in [-0.25, -0.2) is 13.1 Å². The number of hydrogen-bond donors (Lipinski definition) is 1. The summed E-state index contributed by atoms with van der Waals surface area (Å²) in [7, 11) is -3.03. The maximum absolute atomic E-state index is 12.3. The largest absolute Gasteiger partial charge is 0.311 e. The Bertz CT molecular complexity index is 955. The molecule has 0 radical (unpaired) electrons. The molecule has 1 amide bonds. The lowest BCUT2D eigenvalue weighted by Crippen LogP contribution is -2.19. The number of aryl methyl sites for hydroxylation is 2. The van der Waals surface area contributed by atoms with Gasteiger partial charge in [0.1, 0.15) is 5.82 Å². The first-order chi connectivity index (χ1) is 12.4. The topological polar surface area (TPSA) is 105 Å². The van der Waals surface area contributed by atoms with Crippen molar-refractivity contribution >= 4 is 21.6 Å². The van der Waals surface area contributed by atoms with E-state index in [0.29, 0.717) is 30.6 Å². The minimum atomic E-state index is -3.03. The van der Waals surface area contributed by atoms with Crippen LogP contribution in [0.2, 0.25) is 0 Å². The Balaban J connectivity index is 1.63. The van der Waals surface area contributed by atoms with Gasteiger partial charge in [0.25, 0.3) is 0 Å². The fourth-order valence-corrected chi connectivity index (χ4v) is 4.76. The molecule has 1 aromatic carbocycles. The first-order valence-electron chi connectivity index (χ1n) is 8.42. The zero-order chi connectivity index (χ0) is 18.7. The van der Waals surface area contributed by atoms with Crippen LogP contribution in [0, 0.1) is 18.3 Å². The van der Waals surface area contributed by atoms with Gasteiger partial charge in [0.05, 0.1) is 34.9 Å². The average Bonchev–Trinajstić information content (AvgIpc) is 3.15. The monoisotopic (exact) mass is 372 g/mol. The SMILES string of the molecule is Cc1cc(NC(=O)CCc2ccc(C#N)cc2)n(C2CCS(=O)(=O)C2)n1. The molecule has 1 unspecified atom stereocenters. The number of hydrogen-bond acceptors (Lipinski definition) is 5. The van der Waals surface area contributed by atoms with Crippen LogP contribution in [0.1, 0.15) is 35.7 Å². The highest BCUT2D eigenvalue weighted by Gasteiger charge is 2.31. The summed E-state index contributed by atoms with van der Waals surface area (Å²) >= 11 is 0. The number of sulfone groups is 1. The molecule has 1 aliphatic heterocycles. The molecule has 26 heavy (non-hydrogen) atoms. The van der Waals surface area contributed by atoms with Crippen LogP contribution in [0.25, 0.3) is 0 Å². The molecule has 0 spiro atoms. The third-order valence-corrected chi connectivity index (χ3v) is 6.15. The van der Waals surface area contributed by atoms with Crippen molar-refractivity contribution in [2.75, 3.05) is 16.8 Å². The molecule has 0 aliphatic carbocycles. The van der Waals surface area contributed by atoms with Crippen molar-refractivity contribution in [1.29, 1.82) is 5.26 Å². The van der Waals surface area contributed by atoms with Crippen LogP contribution in [-0.2, 0) is 21.1 Å². The number of benzene rings is 1. The van der Waals surface area contributed by atoms with E-state index in [4.69, 9.17) is 5.26 Å². The number of nitrogens with zero attached hydrogens (tertiary/aromatic N) is 3. The first kappa shape index (κ1) is 18.1. The summed E-state index contributed by atoms with van der Waals surface area (Å²) in [6.45, 7) is 1.81. The number of anilines is 1. The van der Waals surface area contributed by atoms with Gasteiger partial charge in [0, 0.05) is 12.5 Å². The molecule has 1 N–H and O–H groups in total. The molecule has 2 heterocycles. The fraction of sp³-hybridized carbons (Fsp3) is 0.389. The van der Waals surface area contributed by atoms with Crippen molar-refractivity contribution in [3.8, 4) is 6.07 Å². The van der Waals surface area contributed by atoms with E-state index in [1.165, 1.54) is 0 Å². The van der Waals surface area contributed by atoms with Gasteiger partial charge in [-0.2, -0.15) is 10.4 Å². The Morgan fingerprint density at radius 1 is 1.38 bits per heavy atom. The Labute approximate surface area is 152 Å². The van der Waals surface area contributed by atoms with Gasteiger partial charge in [-0.3, -0.25) is 4.79 Å². The number of carbonyl (C=O) groups is 1. The Morgan fingerprint density at radius 3 is 2.73 bits per heavy atom. The van der Waals surface area contributed by atoms with Crippen molar-refractivity contribution < 1.29 is 13.2 Å². The van der Waals surface area contributed by atoms with E-state index in [-0.39, 0.29) is 23.5 Å². The number of aromatic nitrogens is 2. The van der Waals surface area contributed by atoms with E-state index in [0.717, 1.165) is 11.3 Å². The lowest BCUT2D eigenvalue weighted by atomic mass is 10.1. The summed E-state index contributed by atoms with van der Waals surface area (Å²) in [5.74, 6) is 0.594. The smallest absolute Gasteiger partial charge is 0.225 e. The first-order valence-corrected chi connectivity index (χ1v) is 10.2. The summed E-state index contributed by atoms with van der Waals surface area (Å²) in [6, 6.07) is 10.7. The molecule has 1 aliphatic rings. The van der Waals surface area contributed by atoms with Gasteiger partial charge in [0.15, 0.2) is 9.84 Å². The molecule has 0 bridgehead atoms. The molecule has 2 aromatic rings. The van der Waals surface area contributed by atoms with Gasteiger partial charge in [-0.05, 0) is 37.5 Å². The Kier molecular flexibility index (Phi) is 5.09. The summed E-state index contributed by atoms with van der Waals surface area (Å²) < 4.78 is 25.0. The van der Waals surface area contributed by atoms with E-state index in [2.05, 4.69) is 16.5 Å². The maximum atomic E-state index is 12.3. The lowest BCUT2D eigenvalue weighted by molar-refractivity contribution is -0.116. The molecule has 7 nitrogen and oxygen atoms in total. The Hall–Kier alpha value is -2.66. The molecular weight excluding hydrogens is 352 g/mol. The van der Waals surface area contributed by atoms with Gasteiger partial charge in [-0.15, -0.1) is 0 Å². The normalized spacial score (nSPS) is 18.4. The highest BCUT2D eigenvalue weighted by molar-refractivity contribution is 7.91. The lowest BCUT2D eigenvalue weighted by Gasteiger charge is -2.13. The number of nitrogens with one attached hydrogen (secondary N) is 1. The molecule has 1 atom stereocenters. The van der Waals surface area contributed by atoms with Gasteiger partial charge in [0.2, 0.25) is 5.91 Å². The molecule has 0 saturated carbocycles. The average molecular weight is 372 g/mol. The zero-order valence-electron chi connectivity index (χ0n) is 14.5. The summed E-state index contributed by atoms with van der Waals surface area (Å²) in [4.78, 5) is 12.3. The van der Waals surface area contributed by atoms with Crippen molar-refractivity contribution in [1.82, 2.24) is 9.78 Å². The van der Waals surface area contributed by atoms with Crippen molar-refractivity contribution in [3.05, 3.63) is 47.2 Å². The zero-order valence-corrected chi connectivity index (χ0v) is 15.3. The molecule has 8 heteroatoms. The van der Waals surface area contributed by atoms with Crippen LogP contribution in [0.15, 0.2) is 30.3 Å². The summed E-state index contributed by atoms with van der Waals surface area (Å²) in [5, 5.41) is 16.0. The second-order valence-corrected chi connectivity index (χ2v) is 8.76. The third kappa shape index (κ3) is 4.29. The van der Waals surface area contributed by atoms with Crippen LogP contribution in [0.4, 0.5) is 5.82 Å². The molecule has 1 fully saturated rings. The predicted octanol–water partition coefficient (Wildman–Crippen LogP) is 1.99. The predicted molar refractivity (Wildman–Crippen MR) is 97.4 cm³/mol. The molecule has 136 valence electrons. The van der Waals surface area contributed by atoms with Crippen molar-refractivity contribution in [2.24, 2.45) is 0 Å². The minimum absolute atomic E-state index is 0.0578. The van der Waals surface area contributed by atoms with E-state index >= 15 is 0 Å².